The van der Waals surface area contributed by atoms with Crippen LogP contribution < -0.4 is 5.73 Å². The summed E-state index contributed by atoms with van der Waals surface area (Å²) in [7, 11) is -3.53. The van der Waals surface area contributed by atoms with Gasteiger partial charge in [0, 0.05) is 19.3 Å². The zero-order valence-electron chi connectivity index (χ0n) is 8.57. The molecular formula is C9H13N3O3S. The molecule has 0 saturated carbocycles. The van der Waals surface area contributed by atoms with Gasteiger partial charge in [-0.25, -0.2) is 13.4 Å². The van der Waals surface area contributed by atoms with Crippen molar-refractivity contribution in [3.8, 4) is 0 Å². The maximum atomic E-state index is 12.0. The summed E-state index contributed by atoms with van der Waals surface area (Å²) in [6.07, 6.45) is 1.13. The summed E-state index contributed by atoms with van der Waals surface area (Å²) < 4.78 is 25.3. The van der Waals surface area contributed by atoms with Crippen LogP contribution in [0.2, 0.25) is 0 Å². The third-order valence-corrected chi connectivity index (χ3v) is 4.37. The summed E-state index contributed by atoms with van der Waals surface area (Å²) in [5.41, 5.74) is 5.39. The average molecular weight is 243 g/mol. The van der Waals surface area contributed by atoms with Crippen molar-refractivity contribution in [1.82, 2.24) is 9.29 Å². The van der Waals surface area contributed by atoms with Crippen LogP contribution in [0.4, 0.5) is 5.82 Å². The van der Waals surface area contributed by atoms with Gasteiger partial charge in [0.25, 0.3) is 0 Å². The number of β-amino-alcohol motifs (C(OH)–C–C–N with tert-alkyl or cyclic N) is 1. The van der Waals surface area contributed by atoms with E-state index in [0.717, 1.165) is 0 Å². The van der Waals surface area contributed by atoms with E-state index < -0.39 is 16.1 Å². The minimum Gasteiger partial charge on any atom is -0.392 e. The first kappa shape index (κ1) is 11.3. The quantitative estimate of drug-likeness (QED) is 0.724. The van der Waals surface area contributed by atoms with Gasteiger partial charge in [-0.1, -0.05) is 0 Å². The van der Waals surface area contributed by atoms with E-state index in [4.69, 9.17) is 5.73 Å². The predicted molar refractivity (Wildman–Crippen MR) is 58.0 cm³/mol. The lowest BCUT2D eigenvalue weighted by Gasteiger charge is -2.15. The number of sulfonamides is 1. The maximum absolute atomic E-state index is 12.0. The third kappa shape index (κ3) is 2.01. The Morgan fingerprint density at radius 1 is 1.50 bits per heavy atom. The highest BCUT2D eigenvalue weighted by molar-refractivity contribution is 7.89. The third-order valence-electron chi connectivity index (χ3n) is 2.52. The Morgan fingerprint density at radius 3 is 2.75 bits per heavy atom. The number of aromatic nitrogens is 1. The molecule has 1 aromatic heterocycles. The van der Waals surface area contributed by atoms with Crippen LogP contribution in [0.15, 0.2) is 23.2 Å². The molecule has 0 radical (unpaired) electrons. The van der Waals surface area contributed by atoms with E-state index in [9.17, 15) is 13.5 Å². The van der Waals surface area contributed by atoms with Gasteiger partial charge in [0.15, 0.2) is 0 Å². The van der Waals surface area contributed by atoms with Crippen molar-refractivity contribution in [1.29, 1.82) is 0 Å². The van der Waals surface area contributed by atoms with Crippen LogP contribution in [-0.4, -0.2) is 42.0 Å². The molecule has 0 aromatic carbocycles. The van der Waals surface area contributed by atoms with Gasteiger partial charge in [0.05, 0.1) is 6.10 Å². The Balaban J connectivity index is 2.29. The Kier molecular flexibility index (Phi) is 2.83. The normalized spacial score (nSPS) is 22.4. The number of anilines is 1. The smallest absolute Gasteiger partial charge is 0.244 e. The Bertz CT molecular complexity index is 471. The molecule has 0 bridgehead atoms. The van der Waals surface area contributed by atoms with Crippen molar-refractivity contribution in [2.45, 2.75) is 17.4 Å². The molecule has 6 nitrogen and oxygen atoms in total. The van der Waals surface area contributed by atoms with Crippen molar-refractivity contribution < 1.29 is 13.5 Å². The van der Waals surface area contributed by atoms with Crippen LogP contribution in [0.3, 0.4) is 0 Å². The monoisotopic (exact) mass is 243 g/mol. The second-order valence-corrected chi connectivity index (χ2v) is 5.66. The fourth-order valence-electron chi connectivity index (χ4n) is 1.62. The lowest BCUT2D eigenvalue weighted by Crippen LogP contribution is -2.29. The van der Waals surface area contributed by atoms with Crippen LogP contribution in [0.1, 0.15) is 6.42 Å². The van der Waals surface area contributed by atoms with Crippen molar-refractivity contribution in [2.75, 3.05) is 18.8 Å². The number of hydrogen-bond donors (Lipinski definition) is 2. The van der Waals surface area contributed by atoms with Gasteiger partial charge in [0.2, 0.25) is 10.0 Å². The van der Waals surface area contributed by atoms with E-state index in [1.807, 2.05) is 0 Å². The molecule has 1 aliphatic rings. The van der Waals surface area contributed by atoms with E-state index in [1.54, 1.807) is 0 Å². The number of aliphatic hydroxyl groups is 1. The average Bonchev–Trinajstić information content (AvgIpc) is 2.66. The molecule has 2 rings (SSSR count). The Labute approximate surface area is 93.8 Å². The molecule has 16 heavy (non-hydrogen) atoms. The molecule has 1 aliphatic heterocycles. The van der Waals surface area contributed by atoms with Gasteiger partial charge >= 0.3 is 0 Å². The van der Waals surface area contributed by atoms with Crippen LogP contribution in [0.5, 0.6) is 0 Å². The maximum Gasteiger partial charge on any atom is 0.244 e. The van der Waals surface area contributed by atoms with E-state index in [1.165, 1.54) is 22.6 Å². The number of nitrogens with two attached hydrogens (primary N) is 1. The van der Waals surface area contributed by atoms with Gasteiger partial charge in [-0.3, -0.25) is 0 Å². The Hall–Kier alpha value is -1.18. The summed E-state index contributed by atoms with van der Waals surface area (Å²) in [6.45, 7) is 0.487. The number of nitrogen functional groups attached to an aromatic ring is 1. The molecule has 0 unspecified atom stereocenters. The second-order valence-electron chi connectivity index (χ2n) is 3.72. The SMILES string of the molecule is Nc1ccc(S(=O)(=O)N2CC[C@H](O)C2)cn1. The summed E-state index contributed by atoms with van der Waals surface area (Å²) in [5, 5.41) is 9.31. The van der Waals surface area contributed by atoms with Gasteiger partial charge in [-0.05, 0) is 18.6 Å². The molecule has 0 spiro atoms. The highest BCUT2D eigenvalue weighted by Gasteiger charge is 2.31. The molecule has 2 heterocycles. The molecule has 1 atom stereocenters. The molecule has 0 amide bonds. The number of rotatable bonds is 2. The first-order valence-corrected chi connectivity index (χ1v) is 6.34. The first-order chi connectivity index (χ1) is 7.50. The number of aliphatic hydroxyl groups excluding tert-OH is 1. The van der Waals surface area contributed by atoms with Crippen LogP contribution >= 0.6 is 0 Å². The number of hydrogen-bond acceptors (Lipinski definition) is 5. The molecule has 1 fully saturated rings. The molecule has 1 aromatic rings. The van der Waals surface area contributed by atoms with Crippen molar-refractivity contribution in [3.05, 3.63) is 18.3 Å². The fraction of sp³-hybridized carbons (Fsp3) is 0.444. The highest BCUT2D eigenvalue weighted by atomic mass is 32.2. The van der Waals surface area contributed by atoms with Gasteiger partial charge < -0.3 is 10.8 Å². The molecule has 88 valence electrons. The van der Waals surface area contributed by atoms with E-state index in [0.29, 0.717) is 13.0 Å². The lowest BCUT2D eigenvalue weighted by atomic mass is 10.3. The van der Waals surface area contributed by atoms with Gasteiger partial charge in [-0.15, -0.1) is 0 Å². The predicted octanol–water partition coefficient (Wildman–Crippen LogP) is -0.581. The standard InChI is InChI=1S/C9H13N3O3S/c10-9-2-1-8(5-11-9)16(14,15)12-4-3-7(13)6-12/h1-2,5,7,13H,3-4,6H2,(H2,10,11)/t7-/m0/s1. The molecule has 1 saturated heterocycles. The molecule has 3 N–H and O–H groups in total. The van der Waals surface area contributed by atoms with Crippen molar-refractivity contribution >= 4 is 15.8 Å². The first-order valence-electron chi connectivity index (χ1n) is 4.90. The lowest BCUT2D eigenvalue weighted by molar-refractivity contribution is 0.189. The van der Waals surface area contributed by atoms with Crippen LogP contribution in [-0.2, 0) is 10.0 Å². The summed E-state index contributed by atoms with van der Waals surface area (Å²) in [5.74, 6) is 0.278. The highest BCUT2D eigenvalue weighted by Crippen LogP contribution is 2.20. The summed E-state index contributed by atoms with van der Waals surface area (Å²) in [6, 6.07) is 2.86. The van der Waals surface area contributed by atoms with Gasteiger partial charge in [-0.2, -0.15) is 4.31 Å². The topological polar surface area (TPSA) is 96.5 Å². The van der Waals surface area contributed by atoms with E-state index in [2.05, 4.69) is 4.98 Å². The minimum atomic E-state index is -3.53. The number of nitrogens with zero attached hydrogens (tertiary/aromatic N) is 2. The number of pyridine rings is 1. The zero-order valence-corrected chi connectivity index (χ0v) is 9.39. The molecule has 7 heteroatoms. The van der Waals surface area contributed by atoms with Crippen LogP contribution in [0, 0.1) is 0 Å². The largest absolute Gasteiger partial charge is 0.392 e. The van der Waals surface area contributed by atoms with Crippen LogP contribution in [0.25, 0.3) is 0 Å². The van der Waals surface area contributed by atoms with Crippen molar-refractivity contribution in [2.24, 2.45) is 0 Å². The van der Waals surface area contributed by atoms with E-state index in [-0.39, 0.29) is 17.3 Å². The summed E-state index contributed by atoms with van der Waals surface area (Å²) >= 11 is 0. The fourth-order valence-corrected chi connectivity index (χ4v) is 3.06. The van der Waals surface area contributed by atoms with E-state index >= 15 is 0 Å². The minimum absolute atomic E-state index is 0.107. The molecular weight excluding hydrogens is 230 g/mol. The Morgan fingerprint density at radius 2 is 2.25 bits per heavy atom. The molecule has 0 aliphatic carbocycles. The van der Waals surface area contributed by atoms with Gasteiger partial charge in [0.1, 0.15) is 10.7 Å². The second kappa shape index (κ2) is 4.00. The summed E-state index contributed by atoms with van der Waals surface area (Å²) in [4.78, 5) is 3.85. The zero-order chi connectivity index (χ0) is 11.8. The van der Waals surface area contributed by atoms with Crippen molar-refractivity contribution in [3.63, 3.8) is 0 Å².